The Balaban J connectivity index is 0.984. The summed E-state index contributed by atoms with van der Waals surface area (Å²) in [6.45, 7) is 0. The Morgan fingerprint density at radius 1 is 0.414 bits per heavy atom. The van der Waals surface area contributed by atoms with E-state index >= 15 is 0 Å². The van der Waals surface area contributed by atoms with E-state index in [2.05, 4.69) is 157 Å². The zero-order valence-corrected chi connectivity index (χ0v) is 33.2. The molecule has 0 amide bonds. The molecule has 3 atom stereocenters. The highest BCUT2D eigenvalue weighted by molar-refractivity contribution is 5.97. The maximum atomic E-state index is 2.70. The second-order valence-electron chi connectivity index (χ2n) is 19.7. The van der Waals surface area contributed by atoms with Crippen molar-refractivity contribution in [2.75, 3.05) is 4.90 Å². The van der Waals surface area contributed by atoms with Crippen LogP contribution in [0.5, 0.6) is 0 Å². The van der Waals surface area contributed by atoms with Crippen molar-refractivity contribution in [3.05, 3.63) is 174 Å². The first-order valence-corrected chi connectivity index (χ1v) is 22.5. The molecular formula is C57H49N. The van der Waals surface area contributed by atoms with Crippen LogP contribution in [0.25, 0.3) is 44.2 Å². The van der Waals surface area contributed by atoms with Crippen LogP contribution >= 0.6 is 0 Å². The van der Waals surface area contributed by atoms with Gasteiger partial charge in [-0.1, -0.05) is 122 Å². The molecule has 0 radical (unpaired) electrons. The average molecular weight is 748 g/mol. The highest BCUT2D eigenvalue weighted by atomic mass is 15.1. The lowest BCUT2D eigenvalue weighted by Gasteiger charge is -2.61. The van der Waals surface area contributed by atoms with Gasteiger partial charge in [0, 0.05) is 27.8 Å². The first-order chi connectivity index (χ1) is 28.7. The van der Waals surface area contributed by atoms with Crippen molar-refractivity contribution in [2.45, 2.75) is 68.6 Å². The minimum atomic E-state index is 0.124. The van der Waals surface area contributed by atoms with E-state index in [1.54, 1.807) is 22.3 Å². The van der Waals surface area contributed by atoms with Gasteiger partial charge in [0.15, 0.2) is 0 Å². The number of benzene rings is 7. The molecule has 15 rings (SSSR count). The fourth-order valence-corrected chi connectivity index (χ4v) is 15.5. The van der Waals surface area contributed by atoms with Crippen LogP contribution in [0.1, 0.15) is 80.0 Å². The third kappa shape index (κ3) is 4.13. The molecule has 7 aromatic rings. The van der Waals surface area contributed by atoms with Crippen molar-refractivity contribution in [3.63, 3.8) is 0 Å². The molecule has 6 saturated carbocycles. The van der Waals surface area contributed by atoms with E-state index in [9.17, 15) is 0 Å². The zero-order valence-electron chi connectivity index (χ0n) is 33.2. The number of fused-ring (bicyclic) bond motifs is 12. The van der Waals surface area contributed by atoms with Gasteiger partial charge in [0.2, 0.25) is 0 Å². The van der Waals surface area contributed by atoms with E-state index < -0.39 is 0 Å². The van der Waals surface area contributed by atoms with Crippen LogP contribution in [0.3, 0.4) is 0 Å². The lowest BCUT2D eigenvalue weighted by molar-refractivity contribution is -0.0399. The van der Waals surface area contributed by atoms with Crippen LogP contribution in [0.2, 0.25) is 0 Å². The fraction of sp³-hybridized carbons (Fsp3) is 0.298. The highest BCUT2D eigenvalue weighted by Crippen LogP contribution is 2.70. The quantitative estimate of drug-likeness (QED) is 0.173. The maximum absolute atomic E-state index is 2.70. The topological polar surface area (TPSA) is 3.24 Å². The first-order valence-electron chi connectivity index (χ1n) is 22.5. The predicted molar refractivity (Wildman–Crippen MR) is 239 cm³/mol. The smallest absolute Gasteiger partial charge is 0.0543 e. The molecule has 7 aromatic carbocycles. The first kappa shape index (κ1) is 32.5. The molecule has 0 saturated heterocycles. The van der Waals surface area contributed by atoms with Gasteiger partial charge in [0.05, 0.1) is 5.69 Å². The SMILES string of the molecule is c1ccc2c(c1)-c1ccc(N(c3ccc(-c4ccc5ccccc5c4)cc3)c3cccc4c3-c3ccccc3[C@]43CC4CCC3C4)cc1C21C2CC3CC(C2)CC1C3. The summed E-state index contributed by atoms with van der Waals surface area (Å²) in [6.07, 6.45) is 12.5. The van der Waals surface area contributed by atoms with Crippen molar-refractivity contribution < 1.29 is 0 Å². The van der Waals surface area contributed by atoms with E-state index in [1.807, 2.05) is 0 Å². The Morgan fingerprint density at radius 2 is 1.07 bits per heavy atom. The number of hydrogen-bond donors (Lipinski definition) is 0. The Bertz CT molecular complexity index is 2810. The molecule has 6 bridgehead atoms. The Labute approximate surface area is 342 Å². The molecule has 2 unspecified atom stereocenters. The molecule has 58 heavy (non-hydrogen) atoms. The summed E-state index contributed by atoms with van der Waals surface area (Å²) in [5.41, 5.74) is 19.0. The molecule has 8 aliphatic carbocycles. The van der Waals surface area contributed by atoms with Gasteiger partial charge in [-0.05, 0) is 184 Å². The summed E-state index contributed by atoms with van der Waals surface area (Å²) in [5, 5.41) is 2.58. The van der Waals surface area contributed by atoms with Gasteiger partial charge < -0.3 is 4.90 Å². The average Bonchev–Trinajstić information content (AvgIpc) is 4.03. The third-order valence-electron chi connectivity index (χ3n) is 17.3. The largest absolute Gasteiger partial charge is 0.310 e. The van der Waals surface area contributed by atoms with E-state index in [1.165, 1.54) is 119 Å². The van der Waals surface area contributed by atoms with Gasteiger partial charge in [-0.2, -0.15) is 0 Å². The van der Waals surface area contributed by atoms with Crippen LogP contribution in [0, 0.1) is 35.5 Å². The fourth-order valence-electron chi connectivity index (χ4n) is 15.5. The molecule has 0 aliphatic heterocycles. The van der Waals surface area contributed by atoms with Crippen LogP contribution in [0.4, 0.5) is 17.1 Å². The minimum absolute atomic E-state index is 0.124. The Morgan fingerprint density at radius 3 is 1.84 bits per heavy atom. The molecule has 1 nitrogen and oxygen atoms in total. The van der Waals surface area contributed by atoms with Gasteiger partial charge in [-0.25, -0.2) is 0 Å². The van der Waals surface area contributed by atoms with Crippen molar-refractivity contribution in [2.24, 2.45) is 35.5 Å². The highest BCUT2D eigenvalue weighted by Gasteiger charge is 2.62. The summed E-state index contributed by atoms with van der Waals surface area (Å²) >= 11 is 0. The van der Waals surface area contributed by atoms with E-state index in [0.29, 0.717) is 0 Å². The molecule has 6 fully saturated rings. The second kappa shape index (κ2) is 11.6. The Hall–Kier alpha value is -5.40. The van der Waals surface area contributed by atoms with E-state index in [4.69, 9.17) is 0 Å². The number of nitrogens with zero attached hydrogens (tertiary/aromatic N) is 1. The van der Waals surface area contributed by atoms with Crippen molar-refractivity contribution in [1.29, 1.82) is 0 Å². The van der Waals surface area contributed by atoms with Crippen molar-refractivity contribution >= 4 is 27.8 Å². The van der Waals surface area contributed by atoms with Gasteiger partial charge in [-0.15, -0.1) is 0 Å². The van der Waals surface area contributed by atoms with Crippen LogP contribution in [-0.2, 0) is 10.8 Å². The minimum Gasteiger partial charge on any atom is -0.310 e. The summed E-state index contributed by atoms with van der Waals surface area (Å²) in [7, 11) is 0. The maximum Gasteiger partial charge on any atom is 0.0543 e. The monoisotopic (exact) mass is 747 g/mol. The van der Waals surface area contributed by atoms with Gasteiger partial charge in [0.1, 0.15) is 0 Å². The molecular weight excluding hydrogens is 699 g/mol. The zero-order chi connectivity index (χ0) is 37.7. The Kier molecular flexibility index (Phi) is 6.52. The van der Waals surface area contributed by atoms with Gasteiger partial charge in [0.25, 0.3) is 0 Å². The van der Waals surface area contributed by atoms with Crippen molar-refractivity contribution in [1.82, 2.24) is 0 Å². The molecule has 1 heteroatoms. The molecule has 282 valence electrons. The van der Waals surface area contributed by atoms with Gasteiger partial charge >= 0.3 is 0 Å². The van der Waals surface area contributed by atoms with Crippen LogP contribution < -0.4 is 4.90 Å². The van der Waals surface area contributed by atoms with Gasteiger partial charge in [-0.3, -0.25) is 0 Å². The lowest BCUT2D eigenvalue weighted by Crippen LogP contribution is -2.55. The third-order valence-corrected chi connectivity index (χ3v) is 17.3. The number of rotatable bonds is 4. The predicted octanol–water partition coefficient (Wildman–Crippen LogP) is 14.8. The van der Waals surface area contributed by atoms with Crippen LogP contribution in [0.15, 0.2) is 152 Å². The lowest BCUT2D eigenvalue weighted by atomic mass is 9.43. The molecule has 0 aromatic heterocycles. The standard InChI is InChI=1S/C57H49N/c1-2-9-40-32-41(18-17-38(40)8-1)39-19-22-45(23-20-39)58(54-15-7-14-52-55(54)49-11-4-5-12-50(49)56(52)34-35-16-21-42(56)27-35)46-24-25-48-47-10-3-6-13-51(47)57(53(48)33-46)43-28-36-26-37(30-43)31-44(57)29-36/h1-15,17-20,22-25,32-33,35-37,42-44H,16,21,26-31,34H2/t35?,36?,37?,42?,43?,44?,56-,57?/m1/s1. The number of hydrogen-bond acceptors (Lipinski definition) is 1. The van der Waals surface area contributed by atoms with E-state index in [-0.39, 0.29) is 10.8 Å². The molecule has 2 spiro atoms. The molecule has 0 N–H and O–H groups in total. The normalized spacial score (nSPS) is 29.9. The summed E-state index contributed by atoms with van der Waals surface area (Å²) in [6, 6.07) is 59.3. The summed E-state index contributed by atoms with van der Waals surface area (Å²) in [4.78, 5) is 2.67. The van der Waals surface area contributed by atoms with Crippen LogP contribution in [-0.4, -0.2) is 0 Å². The summed E-state index contributed by atoms with van der Waals surface area (Å²) < 4.78 is 0. The van der Waals surface area contributed by atoms with Crippen molar-refractivity contribution in [3.8, 4) is 33.4 Å². The second-order valence-corrected chi connectivity index (χ2v) is 19.7. The number of anilines is 3. The summed E-state index contributed by atoms with van der Waals surface area (Å²) in [5.74, 6) is 4.91. The molecule has 0 heterocycles. The van der Waals surface area contributed by atoms with E-state index in [0.717, 1.165) is 35.5 Å². The molecule has 8 aliphatic rings.